The molecule has 3 aromatic carbocycles. The lowest BCUT2D eigenvalue weighted by Crippen LogP contribution is -2.27. The van der Waals surface area contributed by atoms with Gasteiger partial charge in [0.1, 0.15) is 0 Å². The van der Waals surface area contributed by atoms with Crippen LogP contribution in [0.2, 0.25) is 5.02 Å². The maximum atomic E-state index is 6.28. The fourth-order valence-electron chi connectivity index (χ4n) is 3.87. The number of nitrogens with one attached hydrogen (secondary N) is 1. The van der Waals surface area contributed by atoms with E-state index in [2.05, 4.69) is 68.6 Å². The molecule has 110 valence electrons. The van der Waals surface area contributed by atoms with E-state index in [-0.39, 0.29) is 5.41 Å². The van der Waals surface area contributed by atoms with Crippen LogP contribution in [0.25, 0.3) is 10.8 Å². The number of fused-ring (bicyclic) bond motifs is 4. The van der Waals surface area contributed by atoms with Gasteiger partial charge < -0.3 is 5.32 Å². The quantitative estimate of drug-likeness (QED) is 0.522. The summed E-state index contributed by atoms with van der Waals surface area (Å²) >= 11 is 6.28. The summed E-state index contributed by atoms with van der Waals surface area (Å²) in [7, 11) is 0. The summed E-state index contributed by atoms with van der Waals surface area (Å²) in [5.41, 5.74) is 6.19. The molecule has 0 aliphatic carbocycles. The Kier molecular flexibility index (Phi) is 2.79. The fraction of sp³-hybridized carbons (Fsp3) is 0.200. The summed E-state index contributed by atoms with van der Waals surface area (Å²) in [5, 5.41) is 6.93. The van der Waals surface area contributed by atoms with E-state index in [0.717, 1.165) is 10.7 Å². The van der Waals surface area contributed by atoms with Gasteiger partial charge in [0.2, 0.25) is 0 Å². The third-order valence-electron chi connectivity index (χ3n) is 4.79. The van der Waals surface area contributed by atoms with Crippen LogP contribution < -0.4 is 5.32 Å². The smallest absolute Gasteiger partial charge is 0.0505 e. The average molecular weight is 308 g/mol. The lowest BCUT2D eigenvalue weighted by atomic mass is 9.72. The zero-order chi connectivity index (χ0) is 15.5. The number of benzene rings is 3. The van der Waals surface area contributed by atoms with Crippen LogP contribution in [-0.2, 0) is 5.41 Å². The Morgan fingerprint density at radius 1 is 1.00 bits per heavy atom. The summed E-state index contributed by atoms with van der Waals surface area (Å²) in [6.07, 6.45) is 0. The molecule has 3 aromatic rings. The van der Waals surface area contributed by atoms with Crippen molar-refractivity contribution in [2.45, 2.75) is 26.2 Å². The van der Waals surface area contributed by atoms with Crippen molar-refractivity contribution in [1.82, 2.24) is 0 Å². The largest absolute Gasteiger partial charge is 0.354 e. The predicted molar refractivity (Wildman–Crippen MR) is 95.5 cm³/mol. The van der Waals surface area contributed by atoms with Gasteiger partial charge in [0.25, 0.3) is 0 Å². The molecule has 22 heavy (non-hydrogen) atoms. The number of aryl methyl sites for hydroxylation is 1. The third kappa shape index (κ3) is 1.79. The van der Waals surface area contributed by atoms with E-state index in [4.69, 9.17) is 11.6 Å². The first-order valence-electron chi connectivity index (χ1n) is 7.58. The van der Waals surface area contributed by atoms with Crippen LogP contribution in [0.5, 0.6) is 0 Å². The van der Waals surface area contributed by atoms with Gasteiger partial charge in [-0.15, -0.1) is 0 Å². The molecule has 0 saturated heterocycles. The number of rotatable bonds is 0. The highest BCUT2D eigenvalue weighted by Gasteiger charge is 2.34. The lowest BCUT2D eigenvalue weighted by molar-refractivity contribution is 0.634. The molecular formula is C20H18ClN. The highest BCUT2D eigenvalue weighted by Crippen LogP contribution is 2.49. The second-order valence-electron chi connectivity index (χ2n) is 6.60. The van der Waals surface area contributed by atoms with Gasteiger partial charge in [-0.25, -0.2) is 0 Å². The van der Waals surface area contributed by atoms with Crippen LogP contribution in [0.3, 0.4) is 0 Å². The lowest BCUT2D eigenvalue weighted by Gasteiger charge is -2.37. The summed E-state index contributed by atoms with van der Waals surface area (Å²) in [5.74, 6) is 0. The molecule has 0 spiro atoms. The van der Waals surface area contributed by atoms with Gasteiger partial charge in [-0.3, -0.25) is 0 Å². The number of hydrogen-bond acceptors (Lipinski definition) is 1. The van der Waals surface area contributed by atoms with Gasteiger partial charge in [0, 0.05) is 21.5 Å². The van der Waals surface area contributed by atoms with Crippen LogP contribution in [0.4, 0.5) is 11.4 Å². The first kappa shape index (κ1) is 13.7. The van der Waals surface area contributed by atoms with Gasteiger partial charge in [-0.1, -0.05) is 61.8 Å². The van der Waals surface area contributed by atoms with Crippen molar-refractivity contribution in [1.29, 1.82) is 0 Å². The van der Waals surface area contributed by atoms with Crippen molar-refractivity contribution in [2.24, 2.45) is 0 Å². The van der Waals surface area contributed by atoms with Gasteiger partial charge in [-0.2, -0.15) is 0 Å². The van der Waals surface area contributed by atoms with Crippen molar-refractivity contribution < 1.29 is 0 Å². The molecule has 4 rings (SSSR count). The average Bonchev–Trinajstić information content (AvgIpc) is 2.45. The molecule has 0 unspecified atom stereocenters. The van der Waals surface area contributed by atoms with Crippen LogP contribution in [0, 0.1) is 6.92 Å². The van der Waals surface area contributed by atoms with E-state index in [1.165, 1.54) is 33.2 Å². The first-order valence-corrected chi connectivity index (χ1v) is 7.96. The summed E-state index contributed by atoms with van der Waals surface area (Å²) in [6.45, 7) is 6.72. The molecule has 0 radical (unpaired) electrons. The fourth-order valence-corrected chi connectivity index (χ4v) is 4.14. The molecule has 0 aromatic heterocycles. The Hall–Kier alpha value is -1.99. The molecule has 0 atom stereocenters. The number of halogens is 1. The monoisotopic (exact) mass is 307 g/mol. The summed E-state index contributed by atoms with van der Waals surface area (Å²) in [4.78, 5) is 0. The molecule has 1 aliphatic rings. The van der Waals surface area contributed by atoms with E-state index in [1.54, 1.807) is 0 Å². The highest BCUT2D eigenvalue weighted by atomic mass is 35.5. The minimum atomic E-state index is -0.0470. The second-order valence-corrected chi connectivity index (χ2v) is 7.04. The maximum Gasteiger partial charge on any atom is 0.0505 e. The van der Waals surface area contributed by atoms with Crippen molar-refractivity contribution in [3.63, 3.8) is 0 Å². The predicted octanol–water partition coefficient (Wildman–Crippen LogP) is 6.18. The Morgan fingerprint density at radius 3 is 2.59 bits per heavy atom. The van der Waals surface area contributed by atoms with Gasteiger partial charge >= 0.3 is 0 Å². The Bertz CT molecular complexity index is 909. The molecule has 1 N–H and O–H groups in total. The summed E-state index contributed by atoms with van der Waals surface area (Å²) in [6, 6.07) is 17.1. The number of hydrogen-bond donors (Lipinski definition) is 1. The molecule has 0 fully saturated rings. The maximum absolute atomic E-state index is 6.28. The van der Waals surface area contributed by atoms with Crippen LogP contribution >= 0.6 is 11.6 Å². The molecular weight excluding hydrogens is 290 g/mol. The minimum Gasteiger partial charge on any atom is -0.354 e. The molecule has 2 heteroatoms. The van der Waals surface area contributed by atoms with Crippen molar-refractivity contribution in [2.75, 3.05) is 5.32 Å². The minimum absolute atomic E-state index is 0.0470. The van der Waals surface area contributed by atoms with Gasteiger partial charge in [0.15, 0.2) is 0 Å². The van der Waals surface area contributed by atoms with Gasteiger partial charge in [0.05, 0.1) is 5.69 Å². The number of anilines is 2. The van der Waals surface area contributed by atoms with Crippen LogP contribution in [-0.4, -0.2) is 0 Å². The Labute approximate surface area is 135 Å². The Balaban J connectivity index is 2.08. The highest BCUT2D eigenvalue weighted by molar-refractivity contribution is 6.31. The normalized spacial score (nSPS) is 15.1. The standard InChI is InChI=1S/C20H18ClN/c1-12-10-14(21)11-17-18(12)20(2,3)16-9-8-13-6-4-5-7-15(13)19(16)22-17/h4-11,22H,1-3H3. The second kappa shape index (κ2) is 4.50. The Morgan fingerprint density at radius 2 is 1.77 bits per heavy atom. The zero-order valence-electron chi connectivity index (χ0n) is 13.0. The topological polar surface area (TPSA) is 12.0 Å². The van der Waals surface area contributed by atoms with E-state index in [1.807, 2.05) is 6.07 Å². The third-order valence-corrected chi connectivity index (χ3v) is 5.01. The molecule has 0 saturated carbocycles. The van der Waals surface area contributed by atoms with E-state index < -0.39 is 0 Å². The van der Waals surface area contributed by atoms with E-state index in [0.29, 0.717) is 0 Å². The van der Waals surface area contributed by atoms with Crippen molar-refractivity contribution in [3.05, 3.63) is 70.2 Å². The van der Waals surface area contributed by atoms with E-state index in [9.17, 15) is 0 Å². The molecule has 0 bridgehead atoms. The summed E-state index contributed by atoms with van der Waals surface area (Å²) < 4.78 is 0. The molecule has 1 heterocycles. The zero-order valence-corrected chi connectivity index (χ0v) is 13.8. The van der Waals surface area contributed by atoms with Crippen molar-refractivity contribution in [3.8, 4) is 0 Å². The van der Waals surface area contributed by atoms with Crippen LogP contribution in [0.1, 0.15) is 30.5 Å². The molecule has 1 aliphatic heterocycles. The van der Waals surface area contributed by atoms with Crippen molar-refractivity contribution >= 4 is 33.7 Å². The van der Waals surface area contributed by atoms with E-state index >= 15 is 0 Å². The SMILES string of the molecule is Cc1cc(Cl)cc2c1C(C)(C)c1ccc3ccccc3c1N2. The molecule has 0 amide bonds. The van der Waals surface area contributed by atoms with Crippen LogP contribution in [0.15, 0.2) is 48.5 Å². The molecule has 1 nitrogen and oxygen atoms in total. The van der Waals surface area contributed by atoms with Gasteiger partial charge in [-0.05, 0) is 41.1 Å². The first-order chi connectivity index (χ1) is 10.5.